The first-order chi connectivity index (χ1) is 9.84. The van der Waals surface area contributed by atoms with E-state index in [2.05, 4.69) is 5.32 Å². The number of amides is 1. The minimum absolute atomic E-state index is 0.141. The Kier molecular flexibility index (Phi) is 3.39. The van der Waals surface area contributed by atoms with Crippen LogP contribution in [0.4, 0.5) is 17.6 Å². The highest BCUT2D eigenvalue weighted by Crippen LogP contribution is 2.33. The standard InChI is InChI=1S/C14H14F4N2O/c15-8-1-4-11(12(5-8)14(16,17)18)13(21)20-6-9-2-3-10(7-20)19-9/h1,4-5,9-10,19H,2-3,6-7H2. The second-order valence-corrected chi connectivity index (χ2v) is 5.54. The van der Waals surface area contributed by atoms with E-state index in [1.165, 1.54) is 4.90 Å². The summed E-state index contributed by atoms with van der Waals surface area (Å²) in [5.41, 5.74) is -1.69. The van der Waals surface area contributed by atoms with Gasteiger partial charge >= 0.3 is 6.18 Å². The van der Waals surface area contributed by atoms with Gasteiger partial charge in [-0.15, -0.1) is 0 Å². The molecule has 2 aliphatic heterocycles. The summed E-state index contributed by atoms with van der Waals surface area (Å²) in [7, 11) is 0. The number of carbonyl (C=O) groups is 1. The molecule has 1 aromatic carbocycles. The molecule has 21 heavy (non-hydrogen) atoms. The van der Waals surface area contributed by atoms with Gasteiger partial charge in [-0.25, -0.2) is 4.39 Å². The minimum atomic E-state index is -4.75. The molecule has 3 nitrogen and oxygen atoms in total. The Morgan fingerprint density at radius 2 is 1.81 bits per heavy atom. The van der Waals surface area contributed by atoms with E-state index in [-0.39, 0.29) is 12.1 Å². The van der Waals surface area contributed by atoms with Crippen molar-refractivity contribution < 1.29 is 22.4 Å². The quantitative estimate of drug-likeness (QED) is 0.808. The van der Waals surface area contributed by atoms with Crippen LogP contribution in [0, 0.1) is 5.82 Å². The van der Waals surface area contributed by atoms with E-state index >= 15 is 0 Å². The highest BCUT2D eigenvalue weighted by Gasteiger charge is 2.39. The molecule has 1 aromatic rings. The number of carbonyl (C=O) groups excluding carboxylic acids is 1. The number of halogens is 4. The SMILES string of the molecule is O=C(c1ccc(F)cc1C(F)(F)F)N1CC2CCC(C1)N2. The third kappa shape index (κ3) is 2.74. The maximum Gasteiger partial charge on any atom is 0.417 e. The fourth-order valence-corrected chi connectivity index (χ4v) is 3.07. The summed E-state index contributed by atoms with van der Waals surface area (Å²) in [4.78, 5) is 13.8. The summed E-state index contributed by atoms with van der Waals surface area (Å²) in [6.07, 6.45) is -2.91. The van der Waals surface area contributed by atoms with Crippen LogP contribution in [0.1, 0.15) is 28.8 Å². The number of likely N-dealkylation sites (tertiary alicyclic amines) is 1. The number of fused-ring (bicyclic) bond motifs is 2. The van der Waals surface area contributed by atoms with E-state index in [0.717, 1.165) is 25.0 Å². The molecule has 0 radical (unpaired) electrons. The average molecular weight is 302 g/mol. The maximum absolute atomic E-state index is 13.1. The number of hydrogen-bond acceptors (Lipinski definition) is 2. The molecule has 0 spiro atoms. The van der Waals surface area contributed by atoms with Crippen LogP contribution in [-0.2, 0) is 6.18 Å². The molecule has 2 saturated heterocycles. The molecule has 7 heteroatoms. The smallest absolute Gasteiger partial charge is 0.336 e. The molecule has 2 atom stereocenters. The van der Waals surface area contributed by atoms with Crippen molar-refractivity contribution in [3.63, 3.8) is 0 Å². The number of rotatable bonds is 1. The zero-order valence-corrected chi connectivity index (χ0v) is 11.1. The number of piperazine rings is 1. The van der Waals surface area contributed by atoms with E-state index in [0.29, 0.717) is 19.2 Å². The molecule has 2 aliphatic rings. The molecule has 3 rings (SSSR count). The lowest BCUT2D eigenvalue weighted by Crippen LogP contribution is -2.53. The van der Waals surface area contributed by atoms with Gasteiger partial charge in [0, 0.05) is 25.2 Å². The summed E-state index contributed by atoms with van der Waals surface area (Å²) < 4.78 is 52.0. The van der Waals surface area contributed by atoms with Gasteiger partial charge in [0.15, 0.2) is 0 Å². The lowest BCUT2D eigenvalue weighted by Gasteiger charge is -2.33. The second-order valence-electron chi connectivity index (χ2n) is 5.54. The van der Waals surface area contributed by atoms with Gasteiger partial charge in [-0.05, 0) is 31.0 Å². The first kappa shape index (κ1) is 14.3. The predicted octanol–water partition coefficient (Wildman–Crippen LogP) is 2.42. The fraction of sp³-hybridized carbons (Fsp3) is 0.500. The predicted molar refractivity (Wildman–Crippen MR) is 67.3 cm³/mol. The summed E-state index contributed by atoms with van der Waals surface area (Å²) in [5.74, 6) is -1.68. The third-order valence-electron chi connectivity index (χ3n) is 4.02. The van der Waals surface area contributed by atoms with Gasteiger partial charge in [-0.2, -0.15) is 13.2 Å². The molecule has 2 unspecified atom stereocenters. The number of nitrogens with one attached hydrogen (secondary N) is 1. The van der Waals surface area contributed by atoms with E-state index in [9.17, 15) is 22.4 Å². The van der Waals surface area contributed by atoms with Gasteiger partial charge < -0.3 is 10.2 Å². The van der Waals surface area contributed by atoms with Gasteiger partial charge in [-0.3, -0.25) is 4.79 Å². The van der Waals surface area contributed by atoms with Crippen LogP contribution in [0.15, 0.2) is 18.2 Å². The summed E-state index contributed by atoms with van der Waals surface area (Å²) >= 11 is 0. The second kappa shape index (κ2) is 4.98. The van der Waals surface area contributed by atoms with Crippen LogP contribution in [-0.4, -0.2) is 36.0 Å². The monoisotopic (exact) mass is 302 g/mol. The van der Waals surface area contributed by atoms with Crippen LogP contribution >= 0.6 is 0 Å². The van der Waals surface area contributed by atoms with Gasteiger partial charge in [0.25, 0.3) is 5.91 Å². The van der Waals surface area contributed by atoms with Crippen molar-refractivity contribution >= 4 is 5.91 Å². The molecule has 2 bridgehead atoms. The Labute approximate surface area is 118 Å². The lowest BCUT2D eigenvalue weighted by atomic mass is 10.0. The Balaban J connectivity index is 1.91. The molecular weight excluding hydrogens is 288 g/mol. The maximum atomic E-state index is 13.1. The van der Waals surface area contributed by atoms with Gasteiger partial charge in [-0.1, -0.05) is 0 Å². The highest BCUT2D eigenvalue weighted by atomic mass is 19.4. The van der Waals surface area contributed by atoms with Crippen LogP contribution in [0.2, 0.25) is 0 Å². The van der Waals surface area contributed by atoms with Crippen molar-refractivity contribution in [1.82, 2.24) is 10.2 Å². The molecule has 1 N–H and O–H groups in total. The van der Waals surface area contributed by atoms with Crippen molar-refractivity contribution in [2.75, 3.05) is 13.1 Å². The number of benzene rings is 1. The molecular formula is C14H14F4N2O. The van der Waals surface area contributed by atoms with Crippen molar-refractivity contribution in [2.24, 2.45) is 0 Å². The van der Waals surface area contributed by atoms with Crippen molar-refractivity contribution in [3.05, 3.63) is 35.1 Å². The van der Waals surface area contributed by atoms with Gasteiger partial charge in [0.05, 0.1) is 11.1 Å². The summed E-state index contributed by atoms with van der Waals surface area (Å²) in [5, 5.41) is 3.30. The number of nitrogens with zero attached hydrogens (tertiary/aromatic N) is 1. The van der Waals surface area contributed by atoms with Crippen molar-refractivity contribution in [1.29, 1.82) is 0 Å². The highest BCUT2D eigenvalue weighted by molar-refractivity contribution is 5.96. The Morgan fingerprint density at radius 3 is 2.38 bits per heavy atom. The molecule has 2 heterocycles. The first-order valence-electron chi connectivity index (χ1n) is 6.76. The Bertz CT molecular complexity index is 561. The normalized spacial score (nSPS) is 25.2. The van der Waals surface area contributed by atoms with E-state index in [4.69, 9.17) is 0 Å². The summed E-state index contributed by atoms with van der Waals surface area (Å²) in [6, 6.07) is 2.47. The van der Waals surface area contributed by atoms with Gasteiger partial charge in [0.2, 0.25) is 0 Å². The van der Waals surface area contributed by atoms with Crippen LogP contribution in [0.25, 0.3) is 0 Å². The molecule has 114 valence electrons. The third-order valence-corrected chi connectivity index (χ3v) is 4.02. The van der Waals surface area contributed by atoms with Crippen molar-refractivity contribution in [3.8, 4) is 0 Å². The van der Waals surface area contributed by atoms with E-state index in [1.54, 1.807) is 0 Å². The fourth-order valence-electron chi connectivity index (χ4n) is 3.07. The van der Waals surface area contributed by atoms with Crippen LogP contribution < -0.4 is 5.32 Å². The van der Waals surface area contributed by atoms with E-state index in [1.807, 2.05) is 0 Å². The van der Waals surface area contributed by atoms with Crippen molar-refractivity contribution in [2.45, 2.75) is 31.1 Å². The Hall–Kier alpha value is -1.63. The number of alkyl halides is 3. The molecule has 0 aliphatic carbocycles. The molecule has 0 aromatic heterocycles. The lowest BCUT2D eigenvalue weighted by molar-refractivity contribution is -0.138. The molecule has 1 amide bonds. The zero-order valence-electron chi connectivity index (χ0n) is 11.1. The minimum Gasteiger partial charge on any atom is -0.336 e. The average Bonchev–Trinajstić information content (AvgIpc) is 2.75. The first-order valence-corrected chi connectivity index (χ1v) is 6.76. The zero-order chi connectivity index (χ0) is 15.2. The van der Waals surface area contributed by atoms with Crippen LogP contribution in [0.5, 0.6) is 0 Å². The summed E-state index contributed by atoms with van der Waals surface area (Å²) in [6.45, 7) is 0.786. The Morgan fingerprint density at radius 1 is 1.19 bits per heavy atom. The van der Waals surface area contributed by atoms with Crippen LogP contribution in [0.3, 0.4) is 0 Å². The molecule has 0 saturated carbocycles. The largest absolute Gasteiger partial charge is 0.417 e. The van der Waals surface area contributed by atoms with E-state index < -0.39 is 29.0 Å². The number of hydrogen-bond donors (Lipinski definition) is 1. The molecule has 2 fully saturated rings. The topological polar surface area (TPSA) is 32.3 Å². The van der Waals surface area contributed by atoms with Gasteiger partial charge in [0.1, 0.15) is 5.82 Å².